The van der Waals surface area contributed by atoms with Gasteiger partial charge in [-0.3, -0.25) is 4.79 Å². The van der Waals surface area contributed by atoms with E-state index in [1.165, 1.54) is 17.3 Å². The van der Waals surface area contributed by atoms with Crippen molar-refractivity contribution in [1.82, 2.24) is 19.7 Å². The van der Waals surface area contributed by atoms with Crippen molar-refractivity contribution in [3.8, 4) is 0 Å². The molecule has 0 radical (unpaired) electrons. The van der Waals surface area contributed by atoms with E-state index in [4.69, 9.17) is 4.74 Å². The second-order valence-electron chi connectivity index (χ2n) is 6.62. The normalized spacial score (nSPS) is 10.8. The Labute approximate surface area is 189 Å². The number of thioether (sulfide) groups is 1. The van der Waals surface area contributed by atoms with Crippen LogP contribution in [0, 0.1) is 6.92 Å². The van der Waals surface area contributed by atoms with Gasteiger partial charge in [0.15, 0.2) is 10.3 Å². The van der Waals surface area contributed by atoms with Crippen molar-refractivity contribution in [3.63, 3.8) is 0 Å². The largest absolute Gasteiger partial charge is 0.462 e. The number of hydrogen-bond acceptors (Lipinski definition) is 8. The zero-order valence-electron chi connectivity index (χ0n) is 17.8. The number of nitrogens with one attached hydrogen (secondary N) is 1. The summed E-state index contributed by atoms with van der Waals surface area (Å²) in [5, 5.41) is 12.4. The Morgan fingerprint density at radius 1 is 1.16 bits per heavy atom. The van der Waals surface area contributed by atoms with E-state index < -0.39 is 5.97 Å². The molecule has 0 bridgehead atoms. The number of esters is 1. The number of aromatic nitrogens is 4. The lowest BCUT2D eigenvalue weighted by molar-refractivity contribution is -0.113. The number of carbonyl (C=O) groups is 2. The molecule has 10 heteroatoms. The van der Waals surface area contributed by atoms with Crippen LogP contribution in [-0.4, -0.2) is 44.0 Å². The standard InChI is InChI=1S/C21H25N5O3S2/c1-4-26-16(12-11-15-9-7-6-8-10-15)24-25-21(26)30-13-17(27)23-20-22-14(3)18(31-20)19(28)29-5-2/h6-10H,4-5,11-13H2,1-3H3,(H,22,23,27). The lowest BCUT2D eigenvalue weighted by Crippen LogP contribution is -2.14. The SMILES string of the molecule is CCOC(=O)c1sc(NC(=O)CSc2nnc(CCc3ccccc3)n2CC)nc1C. The molecule has 0 unspecified atom stereocenters. The molecule has 0 atom stereocenters. The number of carbonyl (C=O) groups excluding carboxylic acids is 2. The second-order valence-corrected chi connectivity index (χ2v) is 8.56. The summed E-state index contributed by atoms with van der Waals surface area (Å²) in [5.41, 5.74) is 1.79. The monoisotopic (exact) mass is 459 g/mol. The van der Waals surface area contributed by atoms with Crippen LogP contribution >= 0.6 is 23.1 Å². The lowest BCUT2D eigenvalue weighted by Gasteiger charge is -2.07. The maximum absolute atomic E-state index is 12.4. The van der Waals surface area contributed by atoms with Gasteiger partial charge in [0.1, 0.15) is 10.7 Å². The summed E-state index contributed by atoms with van der Waals surface area (Å²) in [6.45, 7) is 6.52. The summed E-state index contributed by atoms with van der Waals surface area (Å²) in [7, 11) is 0. The molecule has 0 saturated heterocycles. The number of anilines is 1. The predicted octanol–water partition coefficient (Wildman–Crippen LogP) is 3.76. The molecule has 0 fully saturated rings. The highest BCUT2D eigenvalue weighted by atomic mass is 32.2. The fourth-order valence-electron chi connectivity index (χ4n) is 2.95. The van der Waals surface area contributed by atoms with Gasteiger partial charge in [-0.05, 0) is 32.8 Å². The van der Waals surface area contributed by atoms with Crippen LogP contribution in [0.5, 0.6) is 0 Å². The van der Waals surface area contributed by atoms with Crippen LogP contribution < -0.4 is 5.32 Å². The summed E-state index contributed by atoms with van der Waals surface area (Å²) in [4.78, 5) is 28.9. The summed E-state index contributed by atoms with van der Waals surface area (Å²) < 4.78 is 7.04. The average molecular weight is 460 g/mol. The third-order valence-electron chi connectivity index (χ3n) is 4.43. The molecule has 0 aliphatic heterocycles. The van der Waals surface area contributed by atoms with Crippen molar-refractivity contribution in [1.29, 1.82) is 0 Å². The van der Waals surface area contributed by atoms with Crippen molar-refractivity contribution in [2.24, 2.45) is 0 Å². The van der Waals surface area contributed by atoms with Crippen LogP contribution in [0.3, 0.4) is 0 Å². The fraction of sp³-hybridized carbons (Fsp3) is 0.381. The van der Waals surface area contributed by atoms with E-state index in [1.807, 2.05) is 29.7 Å². The van der Waals surface area contributed by atoms with Gasteiger partial charge in [0.05, 0.1) is 18.1 Å². The zero-order valence-corrected chi connectivity index (χ0v) is 19.4. The van der Waals surface area contributed by atoms with Gasteiger partial charge < -0.3 is 14.6 Å². The summed E-state index contributed by atoms with van der Waals surface area (Å²) in [6.07, 6.45) is 1.67. The van der Waals surface area contributed by atoms with Crippen molar-refractivity contribution >= 4 is 40.1 Å². The van der Waals surface area contributed by atoms with E-state index in [0.29, 0.717) is 27.5 Å². The summed E-state index contributed by atoms with van der Waals surface area (Å²) >= 11 is 2.44. The number of thiazole rings is 1. The van der Waals surface area contributed by atoms with Crippen molar-refractivity contribution < 1.29 is 14.3 Å². The van der Waals surface area contributed by atoms with Gasteiger partial charge >= 0.3 is 5.97 Å². The first kappa shape index (κ1) is 23.0. The van der Waals surface area contributed by atoms with Crippen LogP contribution in [0.15, 0.2) is 35.5 Å². The molecule has 2 heterocycles. The van der Waals surface area contributed by atoms with Crippen LogP contribution in [-0.2, 0) is 28.9 Å². The van der Waals surface area contributed by atoms with Gasteiger partial charge in [0, 0.05) is 13.0 Å². The smallest absolute Gasteiger partial charge is 0.350 e. The van der Waals surface area contributed by atoms with Gasteiger partial charge in [-0.2, -0.15) is 0 Å². The molecule has 3 rings (SSSR count). The Balaban J connectivity index is 1.56. The molecule has 2 aromatic heterocycles. The Hall–Kier alpha value is -2.72. The maximum Gasteiger partial charge on any atom is 0.350 e. The van der Waals surface area contributed by atoms with Gasteiger partial charge in [0.2, 0.25) is 5.91 Å². The molecule has 0 saturated carbocycles. The first-order valence-electron chi connectivity index (χ1n) is 10.0. The van der Waals surface area contributed by atoms with Gasteiger partial charge in [-0.1, -0.05) is 53.4 Å². The minimum Gasteiger partial charge on any atom is -0.462 e. The topological polar surface area (TPSA) is 99.0 Å². The number of amides is 1. The Morgan fingerprint density at radius 3 is 2.65 bits per heavy atom. The second kappa shape index (κ2) is 11.1. The third kappa shape index (κ3) is 6.14. The van der Waals surface area contributed by atoms with Crippen molar-refractivity contribution in [3.05, 3.63) is 52.3 Å². The number of hydrogen-bond donors (Lipinski definition) is 1. The molecule has 1 N–H and O–H groups in total. The number of ether oxygens (including phenoxy) is 1. The van der Waals surface area contributed by atoms with E-state index in [1.54, 1.807) is 13.8 Å². The van der Waals surface area contributed by atoms with Gasteiger partial charge in [-0.15, -0.1) is 10.2 Å². The number of benzene rings is 1. The average Bonchev–Trinajstić information content (AvgIpc) is 3.33. The third-order valence-corrected chi connectivity index (χ3v) is 6.45. The van der Waals surface area contributed by atoms with E-state index >= 15 is 0 Å². The highest BCUT2D eigenvalue weighted by Gasteiger charge is 2.18. The highest BCUT2D eigenvalue weighted by molar-refractivity contribution is 7.99. The van der Waals surface area contributed by atoms with Crippen LogP contribution in [0.2, 0.25) is 0 Å². The zero-order chi connectivity index (χ0) is 22.2. The number of rotatable bonds is 10. The molecule has 1 amide bonds. The Kier molecular flexibility index (Phi) is 8.19. The fourth-order valence-corrected chi connectivity index (χ4v) is 4.65. The Morgan fingerprint density at radius 2 is 1.94 bits per heavy atom. The first-order chi connectivity index (χ1) is 15.0. The van der Waals surface area contributed by atoms with Crippen LogP contribution in [0.4, 0.5) is 5.13 Å². The van der Waals surface area contributed by atoms with Gasteiger partial charge in [-0.25, -0.2) is 9.78 Å². The lowest BCUT2D eigenvalue weighted by atomic mass is 10.1. The molecule has 3 aromatic rings. The van der Waals surface area contributed by atoms with Crippen molar-refractivity contribution in [2.75, 3.05) is 17.7 Å². The van der Waals surface area contributed by atoms with E-state index in [9.17, 15) is 9.59 Å². The van der Waals surface area contributed by atoms with Crippen LogP contribution in [0.25, 0.3) is 0 Å². The molecular weight excluding hydrogens is 434 g/mol. The summed E-state index contributed by atoms with van der Waals surface area (Å²) in [6, 6.07) is 10.3. The molecule has 0 spiro atoms. The molecule has 0 aliphatic carbocycles. The number of aryl methyl sites for hydroxylation is 3. The quantitative estimate of drug-likeness (QED) is 0.364. The molecule has 1 aromatic carbocycles. The maximum atomic E-state index is 12.4. The molecule has 31 heavy (non-hydrogen) atoms. The predicted molar refractivity (Wildman–Crippen MR) is 122 cm³/mol. The highest BCUT2D eigenvalue weighted by Crippen LogP contribution is 2.24. The minimum absolute atomic E-state index is 0.171. The molecule has 8 nitrogen and oxygen atoms in total. The Bertz CT molecular complexity index is 1030. The minimum atomic E-state index is -0.425. The van der Waals surface area contributed by atoms with E-state index in [0.717, 1.165) is 36.5 Å². The number of nitrogens with zero attached hydrogens (tertiary/aromatic N) is 4. The molecule has 0 aliphatic rings. The molecular formula is C21H25N5O3S2. The first-order valence-corrected chi connectivity index (χ1v) is 11.8. The van der Waals surface area contributed by atoms with E-state index in [-0.39, 0.29) is 11.7 Å². The van der Waals surface area contributed by atoms with Gasteiger partial charge in [0.25, 0.3) is 0 Å². The van der Waals surface area contributed by atoms with Crippen LogP contribution in [0.1, 0.15) is 40.6 Å². The van der Waals surface area contributed by atoms with Crippen molar-refractivity contribution in [2.45, 2.75) is 45.3 Å². The van der Waals surface area contributed by atoms with E-state index in [2.05, 4.69) is 32.6 Å². The molecule has 164 valence electrons. The summed E-state index contributed by atoms with van der Waals surface area (Å²) in [5.74, 6) is 0.436.